The summed E-state index contributed by atoms with van der Waals surface area (Å²) in [6.45, 7) is 6.25. The number of piperazine rings is 1. The van der Waals surface area contributed by atoms with Crippen molar-refractivity contribution in [1.82, 2.24) is 25.1 Å². The quantitative estimate of drug-likeness (QED) is 0.279. The number of amides is 1. The first kappa shape index (κ1) is 24.5. The molecule has 1 aliphatic heterocycles. The van der Waals surface area contributed by atoms with Gasteiger partial charge in [0.15, 0.2) is 11.5 Å². The third kappa shape index (κ3) is 5.04. The van der Waals surface area contributed by atoms with Crippen LogP contribution in [0.2, 0.25) is 5.15 Å². The Bertz CT molecular complexity index is 1480. The highest BCUT2D eigenvalue weighted by atomic mass is 35.5. The van der Waals surface area contributed by atoms with Gasteiger partial charge in [-0.3, -0.25) is 9.89 Å². The molecule has 37 heavy (non-hydrogen) atoms. The number of carbonyl (C=O) groups excluding carboxylic acids is 1. The second-order valence-corrected chi connectivity index (χ2v) is 9.03. The molecule has 190 valence electrons. The maximum Gasteiger partial charge on any atom is 0.247 e. The van der Waals surface area contributed by atoms with Gasteiger partial charge in [-0.05, 0) is 31.3 Å². The van der Waals surface area contributed by atoms with Gasteiger partial charge in [0.05, 0.1) is 11.1 Å². The molecule has 3 heterocycles. The Morgan fingerprint density at radius 3 is 2.70 bits per heavy atom. The summed E-state index contributed by atoms with van der Waals surface area (Å²) in [5.74, 6) is -0.962. The van der Waals surface area contributed by atoms with Crippen molar-refractivity contribution in [2.24, 2.45) is 0 Å². The fourth-order valence-electron chi connectivity index (χ4n) is 4.22. The van der Waals surface area contributed by atoms with Gasteiger partial charge in [-0.15, -0.1) is 0 Å². The molecule has 1 fully saturated rings. The number of H-pyrrole nitrogens is 1. The lowest BCUT2D eigenvalue weighted by Gasteiger charge is -2.34. The van der Waals surface area contributed by atoms with E-state index in [9.17, 15) is 9.90 Å². The normalized spacial score (nSPS) is 14.1. The van der Waals surface area contributed by atoms with Crippen LogP contribution in [-0.2, 0) is 4.79 Å². The summed E-state index contributed by atoms with van der Waals surface area (Å²) in [5, 5.41) is 23.9. The van der Waals surface area contributed by atoms with Crippen LogP contribution in [0.5, 0.6) is 5.75 Å². The van der Waals surface area contributed by atoms with Crippen LogP contribution in [0.4, 0.5) is 27.4 Å². The van der Waals surface area contributed by atoms with E-state index >= 15 is 4.39 Å². The number of benzene rings is 2. The van der Waals surface area contributed by atoms with Gasteiger partial charge in [0.2, 0.25) is 11.9 Å². The third-order valence-electron chi connectivity index (χ3n) is 6.08. The summed E-state index contributed by atoms with van der Waals surface area (Å²) in [6, 6.07) is 9.75. The molecule has 12 heteroatoms. The van der Waals surface area contributed by atoms with E-state index < -0.39 is 5.82 Å². The van der Waals surface area contributed by atoms with Crippen molar-refractivity contribution in [2.45, 2.75) is 0 Å². The molecular formula is C25H24ClFN8O2. The van der Waals surface area contributed by atoms with E-state index in [1.165, 1.54) is 18.2 Å². The first-order valence-electron chi connectivity index (χ1n) is 11.5. The molecule has 1 saturated heterocycles. The molecular weight excluding hydrogens is 499 g/mol. The van der Waals surface area contributed by atoms with Crippen LogP contribution < -0.4 is 15.5 Å². The van der Waals surface area contributed by atoms with E-state index in [4.69, 9.17) is 11.6 Å². The lowest BCUT2D eigenvalue weighted by atomic mass is 10.1. The van der Waals surface area contributed by atoms with Crippen molar-refractivity contribution in [3.63, 3.8) is 0 Å². The third-order valence-corrected chi connectivity index (χ3v) is 6.35. The molecule has 0 atom stereocenters. The average molecular weight is 523 g/mol. The molecule has 2 aromatic carbocycles. The molecule has 1 amide bonds. The van der Waals surface area contributed by atoms with Crippen LogP contribution in [0.3, 0.4) is 0 Å². The lowest BCUT2D eigenvalue weighted by molar-refractivity contribution is -0.111. The van der Waals surface area contributed by atoms with Gasteiger partial charge in [-0.2, -0.15) is 10.1 Å². The molecule has 1 aliphatic rings. The summed E-state index contributed by atoms with van der Waals surface area (Å²) in [4.78, 5) is 24.7. The highest BCUT2D eigenvalue weighted by Crippen LogP contribution is 2.36. The highest BCUT2D eigenvalue weighted by molar-refractivity contribution is 6.35. The first-order valence-corrected chi connectivity index (χ1v) is 11.9. The Hall–Kier alpha value is -4.22. The molecule has 0 spiro atoms. The predicted octanol–water partition coefficient (Wildman–Crippen LogP) is 4.14. The predicted molar refractivity (Wildman–Crippen MR) is 142 cm³/mol. The Kier molecular flexibility index (Phi) is 6.64. The summed E-state index contributed by atoms with van der Waals surface area (Å²) >= 11 is 6.34. The number of aromatic amines is 1. The van der Waals surface area contributed by atoms with Crippen LogP contribution in [0.1, 0.15) is 0 Å². The van der Waals surface area contributed by atoms with Gasteiger partial charge in [0.1, 0.15) is 16.6 Å². The fourth-order valence-corrected chi connectivity index (χ4v) is 4.44. The summed E-state index contributed by atoms with van der Waals surface area (Å²) in [7, 11) is 2.01. The van der Waals surface area contributed by atoms with Gasteiger partial charge in [-0.25, -0.2) is 9.37 Å². The molecule has 0 bridgehead atoms. The highest BCUT2D eigenvalue weighted by Gasteiger charge is 2.22. The summed E-state index contributed by atoms with van der Waals surface area (Å²) in [6.07, 6.45) is 1.17. The van der Waals surface area contributed by atoms with Crippen molar-refractivity contribution in [1.29, 1.82) is 0 Å². The minimum absolute atomic E-state index is 0.123. The van der Waals surface area contributed by atoms with Crippen LogP contribution >= 0.6 is 11.6 Å². The maximum absolute atomic E-state index is 15.1. The Labute approximate surface area is 216 Å². The number of rotatable bonds is 6. The monoisotopic (exact) mass is 522 g/mol. The van der Waals surface area contributed by atoms with Gasteiger partial charge in [-0.1, -0.05) is 30.3 Å². The molecule has 2 aromatic heterocycles. The van der Waals surface area contributed by atoms with Crippen LogP contribution in [0.15, 0.2) is 49.1 Å². The number of phenols is 1. The summed E-state index contributed by atoms with van der Waals surface area (Å²) < 4.78 is 15.1. The molecule has 0 saturated carbocycles. The molecule has 4 N–H and O–H groups in total. The minimum Gasteiger partial charge on any atom is -0.506 e. The lowest BCUT2D eigenvalue weighted by Crippen LogP contribution is -2.44. The zero-order valence-corrected chi connectivity index (χ0v) is 20.7. The number of phenolic OH excluding ortho intramolecular Hbond substituents is 1. The van der Waals surface area contributed by atoms with E-state index in [1.54, 1.807) is 24.3 Å². The van der Waals surface area contributed by atoms with Gasteiger partial charge in [0, 0.05) is 49.2 Å². The number of likely N-dealkylation sites (N-methyl/N-ethyl adjacent to an activating group) is 1. The van der Waals surface area contributed by atoms with Crippen molar-refractivity contribution in [3.05, 3.63) is 60.0 Å². The molecule has 10 nitrogen and oxygen atoms in total. The number of hydrogen-bond acceptors (Lipinski definition) is 8. The Morgan fingerprint density at radius 1 is 1.19 bits per heavy atom. The number of halogens is 2. The molecule has 5 rings (SSSR count). The number of carbonyl (C=O) groups is 1. The minimum atomic E-state index is -0.554. The van der Waals surface area contributed by atoms with Crippen LogP contribution in [-0.4, -0.2) is 69.3 Å². The van der Waals surface area contributed by atoms with E-state index in [-0.39, 0.29) is 39.8 Å². The van der Waals surface area contributed by atoms with Gasteiger partial charge in [0.25, 0.3) is 0 Å². The van der Waals surface area contributed by atoms with E-state index in [0.717, 1.165) is 13.1 Å². The SMILES string of the molecule is C=CC(=O)Nc1cccc(-c2nc(Nc3cc(O)c(N4CCN(C)CC4)c(F)c3)nc3n[nH]c(Cl)c23)c1. The largest absolute Gasteiger partial charge is 0.506 e. The van der Waals surface area contributed by atoms with Crippen LogP contribution in [0, 0.1) is 5.82 Å². The average Bonchev–Trinajstić information content (AvgIpc) is 3.25. The van der Waals surface area contributed by atoms with E-state index in [0.29, 0.717) is 35.4 Å². The Balaban J connectivity index is 1.49. The maximum atomic E-state index is 15.1. The number of fused-ring (bicyclic) bond motifs is 1. The fraction of sp³-hybridized carbons (Fsp3) is 0.200. The van der Waals surface area contributed by atoms with Crippen molar-refractivity contribution < 1.29 is 14.3 Å². The van der Waals surface area contributed by atoms with Crippen molar-refractivity contribution in [2.75, 3.05) is 48.8 Å². The van der Waals surface area contributed by atoms with Gasteiger partial charge < -0.3 is 25.5 Å². The van der Waals surface area contributed by atoms with Crippen molar-refractivity contribution >= 4 is 51.6 Å². The van der Waals surface area contributed by atoms with Crippen LogP contribution in [0.25, 0.3) is 22.3 Å². The second kappa shape index (κ2) is 10.0. The Morgan fingerprint density at radius 2 is 1.97 bits per heavy atom. The number of aromatic nitrogens is 4. The number of nitrogens with zero attached hydrogens (tertiary/aromatic N) is 5. The topological polar surface area (TPSA) is 122 Å². The standard InChI is InChI=1S/C25H24ClFN8O2/c1-3-19(37)28-15-6-4-5-14(11-15)21-20-23(26)32-33-24(20)31-25(30-21)29-16-12-17(27)22(18(36)13-16)35-9-7-34(2)8-10-35/h3-6,11-13,36H,1,7-10H2,2H3,(H,28,37)(H2,29,30,31,32,33). The first-order chi connectivity index (χ1) is 17.8. The second-order valence-electron chi connectivity index (χ2n) is 8.65. The zero-order valence-electron chi connectivity index (χ0n) is 19.9. The van der Waals surface area contributed by atoms with E-state index in [1.807, 2.05) is 11.9 Å². The molecule has 0 radical (unpaired) electrons. The number of hydrogen-bond donors (Lipinski definition) is 4. The smallest absolute Gasteiger partial charge is 0.247 e. The molecule has 4 aromatic rings. The van der Waals surface area contributed by atoms with Gasteiger partial charge >= 0.3 is 0 Å². The number of nitrogens with one attached hydrogen (secondary N) is 3. The van der Waals surface area contributed by atoms with Crippen molar-refractivity contribution in [3.8, 4) is 17.0 Å². The summed E-state index contributed by atoms with van der Waals surface area (Å²) in [5.41, 5.74) is 2.35. The number of aromatic hydroxyl groups is 1. The number of anilines is 4. The van der Waals surface area contributed by atoms with E-state index in [2.05, 4.69) is 42.3 Å². The zero-order chi connectivity index (χ0) is 26.1. The molecule has 0 unspecified atom stereocenters. The molecule has 0 aliphatic carbocycles.